The standard InChI is InChI=1S/C10H12BrFN2O2/c11-8-5-7(12)1-2-9(8)16-4-3-14-6-10(13)15/h1-2,5,14H,3-4,6H2,(H2,13,15). The van der Waals surface area contributed by atoms with Gasteiger partial charge in [-0.2, -0.15) is 0 Å². The van der Waals surface area contributed by atoms with Crippen LogP contribution in [0.2, 0.25) is 0 Å². The van der Waals surface area contributed by atoms with E-state index in [2.05, 4.69) is 21.2 Å². The number of halogens is 2. The van der Waals surface area contributed by atoms with E-state index >= 15 is 0 Å². The first kappa shape index (κ1) is 12.9. The second kappa shape index (κ2) is 6.44. The first-order valence-electron chi connectivity index (χ1n) is 4.66. The SMILES string of the molecule is NC(=O)CNCCOc1ccc(F)cc1Br. The van der Waals surface area contributed by atoms with Gasteiger partial charge in [-0.25, -0.2) is 4.39 Å². The Balaban J connectivity index is 2.29. The van der Waals surface area contributed by atoms with Crippen LogP contribution in [0.5, 0.6) is 5.75 Å². The van der Waals surface area contributed by atoms with E-state index < -0.39 is 5.91 Å². The Kier molecular flexibility index (Phi) is 5.21. The molecule has 0 radical (unpaired) electrons. The summed E-state index contributed by atoms with van der Waals surface area (Å²) in [5, 5.41) is 2.80. The van der Waals surface area contributed by atoms with Crippen molar-refractivity contribution in [1.82, 2.24) is 5.32 Å². The first-order chi connectivity index (χ1) is 7.59. The van der Waals surface area contributed by atoms with Crippen molar-refractivity contribution in [3.05, 3.63) is 28.5 Å². The van der Waals surface area contributed by atoms with Crippen LogP contribution in [0, 0.1) is 5.82 Å². The van der Waals surface area contributed by atoms with Crippen LogP contribution in [0.25, 0.3) is 0 Å². The highest BCUT2D eigenvalue weighted by Crippen LogP contribution is 2.25. The molecule has 16 heavy (non-hydrogen) atoms. The van der Waals surface area contributed by atoms with Crippen LogP contribution in [0.15, 0.2) is 22.7 Å². The molecule has 1 aromatic rings. The topological polar surface area (TPSA) is 64.4 Å². The molecule has 0 spiro atoms. The molecular formula is C10H12BrFN2O2. The molecule has 0 atom stereocenters. The molecule has 1 aromatic carbocycles. The van der Waals surface area contributed by atoms with Crippen molar-refractivity contribution >= 4 is 21.8 Å². The summed E-state index contributed by atoms with van der Waals surface area (Å²) < 4.78 is 18.6. The molecule has 3 N–H and O–H groups in total. The summed E-state index contributed by atoms with van der Waals surface area (Å²) >= 11 is 3.18. The first-order valence-corrected chi connectivity index (χ1v) is 5.46. The number of primary amides is 1. The number of carbonyl (C=O) groups excluding carboxylic acids is 1. The number of hydrogen-bond donors (Lipinski definition) is 2. The fraction of sp³-hybridized carbons (Fsp3) is 0.300. The Morgan fingerprint density at radius 2 is 2.31 bits per heavy atom. The summed E-state index contributed by atoms with van der Waals surface area (Å²) in [6, 6.07) is 4.18. The molecule has 1 rings (SSSR count). The van der Waals surface area contributed by atoms with Crippen LogP contribution in [0.1, 0.15) is 0 Å². The fourth-order valence-corrected chi connectivity index (χ4v) is 1.50. The summed E-state index contributed by atoms with van der Waals surface area (Å²) in [5.74, 6) is -0.184. The molecule has 1 amide bonds. The summed E-state index contributed by atoms with van der Waals surface area (Å²) in [6.45, 7) is 0.984. The summed E-state index contributed by atoms with van der Waals surface area (Å²) in [5.41, 5.74) is 4.94. The highest BCUT2D eigenvalue weighted by atomic mass is 79.9. The van der Waals surface area contributed by atoms with E-state index in [4.69, 9.17) is 10.5 Å². The lowest BCUT2D eigenvalue weighted by Crippen LogP contribution is -2.31. The summed E-state index contributed by atoms with van der Waals surface area (Å²) in [4.78, 5) is 10.4. The molecule has 6 heteroatoms. The zero-order valence-corrected chi connectivity index (χ0v) is 10.1. The van der Waals surface area contributed by atoms with Gasteiger partial charge in [-0.05, 0) is 34.1 Å². The Morgan fingerprint density at radius 1 is 1.56 bits per heavy atom. The van der Waals surface area contributed by atoms with E-state index in [1.165, 1.54) is 18.2 Å². The number of amides is 1. The number of carbonyl (C=O) groups is 1. The maximum atomic E-state index is 12.7. The van der Waals surface area contributed by atoms with Gasteiger partial charge in [0.05, 0.1) is 11.0 Å². The van der Waals surface area contributed by atoms with Crippen LogP contribution in [-0.2, 0) is 4.79 Å². The second-order valence-electron chi connectivity index (χ2n) is 3.07. The third-order valence-electron chi connectivity index (χ3n) is 1.73. The van der Waals surface area contributed by atoms with Crippen molar-refractivity contribution in [3.8, 4) is 5.75 Å². The van der Waals surface area contributed by atoms with Crippen molar-refractivity contribution in [1.29, 1.82) is 0 Å². The van der Waals surface area contributed by atoms with E-state index in [0.29, 0.717) is 23.4 Å². The van der Waals surface area contributed by atoms with Crippen molar-refractivity contribution in [2.45, 2.75) is 0 Å². The predicted molar refractivity (Wildman–Crippen MR) is 61.7 cm³/mol. The highest BCUT2D eigenvalue weighted by molar-refractivity contribution is 9.10. The molecule has 0 aliphatic carbocycles. The number of nitrogens with one attached hydrogen (secondary N) is 1. The molecule has 0 aliphatic heterocycles. The Bertz CT molecular complexity index is 374. The number of rotatable bonds is 6. The largest absolute Gasteiger partial charge is 0.491 e. The lowest BCUT2D eigenvalue weighted by Gasteiger charge is -2.08. The van der Waals surface area contributed by atoms with Gasteiger partial charge in [0.2, 0.25) is 5.91 Å². The fourth-order valence-electron chi connectivity index (χ4n) is 1.04. The quantitative estimate of drug-likeness (QED) is 0.770. The van der Waals surface area contributed by atoms with Crippen molar-refractivity contribution in [2.24, 2.45) is 5.73 Å². The van der Waals surface area contributed by atoms with Crippen LogP contribution >= 0.6 is 15.9 Å². The predicted octanol–water partition coefficient (Wildman–Crippen LogP) is 1.04. The molecule has 0 heterocycles. The minimum Gasteiger partial charge on any atom is -0.491 e. The Hall–Kier alpha value is -1.14. The van der Waals surface area contributed by atoms with Gasteiger partial charge in [-0.3, -0.25) is 4.79 Å². The normalized spacial score (nSPS) is 10.1. The smallest absolute Gasteiger partial charge is 0.231 e. The maximum absolute atomic E-state index is 12.7. The van der Waals surface area contributed by atoms with E-state index in [-0.39, 0.29) is 12.4 Å². The van der Waals surface area contributed by atoms with Crippen molar-refractivity contribution < 1.29 is 13.9 Å². The Labute approximate surface area is 101 Å². The number of ether oxygens (including phenoxy) is 1. The van der Waals surface area contributed by atoms with Gasteiger partial charge in [0.25, 0.3) is 0 Å². The zero-order valence-electron chi connectivity index (χ0n) is 8.50. The lowest BCUT2D eigenvalue weighted by atomic mass is 10.3. The molecule has 0 aromatic heterocycles. The van der Waals surface area contributed by atoms with Gasteiger partial charge in [-0.15, -0.1) is 0 Å². The Morgan fingerprint density at radius 3 is 2.94 bits per heavy atom. The van der Waals surface area contributed by atoms with Crippen molar-refractivity contribution in [2.75, 3.05) is 19.7 Å². The van der Waals surface area contributed by atoms with Crippen molar-refractivity contribution in [3.63, 3.8) is 0 Å². The average Bonchev–Trinajstić information content (AvgIpc) is 2.20. The average molecular weight is 291 g/mol. The second-order valence-corrected chi connectivity index (χ2v) is 3.92. The van der Waals surface area contributed by atoms with E-state index in [1.807, 2.05) is 0 Å². The van der Waals surface area contributed by atoms with Gasteiger partial charge in [0, 0.05) is 6.54 Å². The van der Waals surface area contributed by atoms with Gasteiger partial charge < -0.3 is 15.8 Å². The third kappa shape index (κ3) is 4.59. The minimum atomic E-state index is -0.414. The lowest BCUT2D eigenvalue weighted by molar-refractivity contribution is -0.117. The van der Waals surface area contributed by atoms with E-state index in [0.717, 1.165) is 0 Å². The van der Waals surface area contributed by atoms with Crippen LogP contribution in [0.3, 0.4) is 0 Å². The number of hydrogen-bond acceptors (Lipinski definition) is 3. The number of benzene rings is 1. The van der Waals surface area contributed by atoms with E-state index in [9.17, 15) is 9.18 Å². The van der Waals surface area contributed by atoms with Gasteiger partial charge in [0.15, 0.2) is 0 Å². The molecule has 0 bridgehead atoms. The van der Waals surface area contributed by atoms with Crippen LogP contribution in [0.4, 0.5) is 4.39 Å². The van der Waals surface area contributed by atoms with Gasteiger partial charge >= 0.3 is 0 Å². The van der Waals surface area contributed by atoms with E-state index in [1.54, 1.807) is 0 Å². The van der Waals surface area contributed by atoms with Crippen LogP contribution < -0.4 is 15.8 Å². The number of nitrogens with two attached hydrogens (primary N) is 1. The van der Waals surface area contributed by atoms with Gasteiger partial charge in [0.1, 0.15) is 18.2 Å². The van der Waals surface area contributed by atoms with Crippen LogP contribution in [-0.4, -0.2) is 25.6 Å². The molecule has 0 aliphatic rings. The maximum Gasteiger partial charge on any atom is 0.231 e. The molecule has 0 saturated carbocycles. The van der Waals surface area contributed by atoms with Gasteiger partial charge in [-0.1, -0.05) is 0 Å². The summed E-state index contributed by atoms with van der Waals surface area (Å²) in [6.07, 6.45) is 0. The monoisotopic (exact) mass is 290 g/mol. The highest BCUT2D eigenvalue weighted by Gasteiger charge is 2.02. The molecule has 0 fully saturated rings. The third-order valence-corrected chi connectivity index (χ3v) is 2.35. The minimum absolute atomic E-state index is 0.119. The molecule has 0 saturated heterocycles. The summed E-state index contributed by atoms with van der Waals surface area (Å²) in [7, 11) is 0. The molecule has 0 unspecified atom stereocenters. The molecule has 88 valence electrons. The molecule has 4 nitrogen and oxygen atoms in total. The molecular weight excluding hydrogens is 279 g/mol. The zero-order chi connectivity index (χ0) is 12.0.